The summed E-state index contributed by atoms with van der Waals surface area (Å²) in [6, 6.07) is 10.0. The van der Waals surface area contributed by atoms with E-state index in [1.807, 2.05) is 17.6 Å². The minimum Gasteiger partial charge on any atom is -0.366 e. The van der Waals surface area contributed by atoms with Crippen LogP contribution < -0.4 is 11.1 Å². The number of aryl methyl sites for hydroxylation is 1. The van der Waals surface area contributed by atoms with Crippen LogP contribution in [0.15, 0.2) is 42.5 Å². The van der Waals surface area contributed by atoms with Crippen molar-refractivity contribution in [2.24, 2.45) is 11.1 Å². The van der Waals surface area contributed by atoms with Crippen molar-refractivity contribution in [1.82, 2.24) is 4.57 Å². The molecule has 4 rings (SSSR count). The summed E-state index contributed by atoms with van der Waals surface area (Å²) in [4.78, 5) is 24.6. The highest BCUT2D eigenvalue weighted by atomic mass is 19.1. The predicted octanol–water partition coefficient (Wildman–Crippen LogP) is 5.06. The van der Waals surface area contributed by atoms with E-state index in [0.717, 1.165) is 29.9 Å². The van der Waals surface area contributed by atoms with Crippen LogP contribution in [0.25, 0.3) is 5.69 Å². The maximum atomic E-state index is 14.2. The number of hydrogen-bond donors (Lipinski definition) is 2. The Bertz CT molecular complexity index is 1230. The fourth-order valence-electron chi connectivity index (χ4n) is 4.24. The fraction of sp³-hybridized carbons (Fsp3) is 0.250. The van der Waals surface area contributed by atoms with E-state index < -0.39 is 17.5 Å². The molecule has 0 saturated heterocycles. The molecule has 1 aliphatic rings. The lowest BCUT2D eigenvalue weighted by Gasteiger charge is -2.30. The number of fused-ring (bicyclic) bond motifs is 1. The van der Waals surface area contributed by atoms with E-state index in [2.05, 4.69) is 19.2 Å². The predicted molar refractivity (Wildman–Crippen MR) is 115 cm³/mol. The Labute approximate surface area is 178 Å². The molecule has 31 heavy (non-hydrogen) atoms. The molecule has 2 aromatic carbocycles. The molecule has 0 atom stereocenters. The largest absolute Gasteiger partial charge is 0.366 e. The number of primary amides is 1. The quantitative estimate of drug-likeness (QED) is 0.616. The van der Waals surface area contributed by atoms with E-state index in [1.165, 1.54) is 6.07 Å². The van der Waals surface area contributed by atoms with Crippen molar-refractivity contribution in [1.29, 1.82) is 0 Å². The number of nitrogens with one attached hydrogen (secondary N) is 1. The number of ketones is 1. The zero-order chi connectivity index (χ0) is 22.5. The number of Topliss-reactive ketones (excluding diaryl/α,β-unsaturated/α-hetero) is 1. The van der Waals surface area contributed by atoms with Gasteiger partial charge in [0.15, 0.2) is 5.78 Å². The van der Waals surface area contributed by atoms with E-state index in [4.69, 9.17) is 5.73 Å². The van der Waals surface area contributed by atoms with Crippen molar-refractivity contribution in [2.75, 3.05) is 5.32 Å². The summed E-state index contributed by atoms with van der Waals surface area (Å²) >= 11 is 0. The number of nitrogens with two attached hydrogens (primary N) is 1. The Balaban J connectivity index is 1.84. The van der Waals surface area contributed by atoms with Crippen molar-refractivity contribution < 1.29 is 18.4 Å². The smallest absolute Gasteiger partial charge is 0.250 e. The van der Waals surface area contributed by atoms with Gasteiger partial charge in [0, 0.05) is 35.1 Å². The standard InChI is InChI=1S/C24H23F2N3O2/c1-13-8-17-21(11-24(2,3)12-22(17)30)29(13)15-5-6-16(23(27)31)20(10-15)28-19-7-4-14(25)9-18(19)26/h4-10,28H,11-12H2,1-3H3,(H2,27,31). The molecule has 3 N–H and O–H groups in total. The molecule has 5 nitrogen and oxygen atoms in total. The number of carbonyl (C=O) groups excluding carboxylic acids is 2. The molecule has 1 heterocycles. The molecule has 0 aliphatic heterocycles. The lowest BCUT2D eigenvalue weighted by atomic mass is 9.76. The first-order valence-electron chi connectivity index (χ1n) is 9.96. The summed E-state index contributed by atoms with van der Waals surface area (Å²) in [5.41, 5.74) is 9.01. The van der Waals surface area contributed by atoms with Crippen LogP contribution >= 0.6 is 0 Å². The number of halogens is 2. The SMILES string of the molecule is Cc1cc2c(n1-c1ccc(C(N)=O)c(Nc3ccc(F)cc3F)c1)CC(C)(C)CC2=O. The average Bonchev–Trinajstić information content (AvgIpc) is 2.99. The van der Waals surface area contributed by atoms with Gasteiger partial charge in [-0.15, -0.1) is 0 Å². The number of carbonyl (C=O) groups is 2. The highest BCUT2D eigenvalue weighted by Crippen LogP contribution is 2.38. The summed E-state index contributed by atoms with van der Waals surface area (Å²) < 4.78 is 29.4. The molecular weight excluding hydrogens is 400 g/mol. The molecule has 160 valence electrons. The molecule has 0 unspecified atom stereocenters. The maximum absolute atomic E-state index is 14.2. The molecule has 7 heteroatoms. The second kappa shape index (κ2) is 7.34. The van der Waals surface area contributed by atoms with Crippen LogP contribution in [0.2, 0.25) is 0 Å². The number of rotatable bonds is 4. The second-order valence-corrected chi connectivity index (χ2v) is 8.77. The first-order chi connectivity index (χ1) is 14.6. The van der Waals surface area contributed by atoms with E-state index in [9.17, 15) is 18.4 Å². The van der Waals surface area contributed by atoms with Gasteiger partial charge >= 0.3 is 0 Å². The first-order valence-corrected chi connectivity index (χ1v) is 9.96. The minimum atomic E-state index is -0.789. The number of anilines is 2. The third-order valence-electron chi connectivity index (χ3n) is 5.60. The topological polar surface area (TPSA) is 77.1 Å². The van der Waals surface area contributed by atoms with Gasteiger partial charge in [0.2, 0.25) is 0 Å². The van der Waals surface area contributed by atoms with Crippen LogP contribution in [-0.2, 0) is 6.42 Å². The van der Waals surface area contributed by atoms with Gasteiger partial charge in [-0.3, -0.25) is 9.59 Å². The third-order valence-corrected chi connectivity index (χ3v) is 5.60. The summed E-state index contributed by atoms with van der Waals surface area (Å²) in [5.74, 6) is -2.07. The molecule has 1 aromatic heterocycles. The van der Waals surface area contributed by atoms with Crippen molar-refractivity contribution in [3.63, 3.8) is 0 Å². The normalized spacial score (nSPS) is 14.9. The van der Waals surface area contributed by atoms with Gasteiger partial charge in [-0.25, -0.2) is 8.78 Å². The van der Waals surface area contributed by atoms with Crippen LogP contribution in [0.5, 0.6) is 0 Å². The molecule has 3 aromatic rings. The monoisotopic (exact) mass is 423 g/mol. The van der Waals surface area contributed by atoms with Crippen LogP contribution in [0.1, 0.15) is 52.4 Å². The molecule has 1 aliphatic carbocycles. The Kier molecular flexibility index (Phi) is 4.92. The zero-order valence-corrected chi connectivity index (χ0v) is 17.6. The zero-order valence-electron chi connectivity index (χ0n) is 17.6. The number of benzene rings is 2. The Hall–Kier alpha value is -3.48. The second-order valence-electron chi connectivity index (χ2n) is 8.77. The molecule has 0 radical (unpaired) electrons. The van der Waals surface area contributed by atoms with Crippen molar-refractivity contribution in [2.45, 2.75) is 33.6 Å². The summed E-state index contributed by atoms with van der Waals surface area (Å²) in [6.07, 6.45) is 1.20. The molecule has 0 saturated carbocycles. The minimum absolute atomic E-state index is 0.0172. The first kappa shape index (κ1) is 20.8. The lowest BCUT2D eigenvalue weighted by molar-refractivity contribution is 0.0910. The van der Waals surface area contributed by atoms with Gasteiger partial charge in [0.1, 0.15) is 11.6 Å². The molecule has 0 spiro atoms. The maximum Gasteiger partial charge on any atom is 0.250 e. The van der Waals surface area contributed by atoms with Crippen molar-refractivity contribution >= 4 is 23.1 Å². The Morgan fingerprint density at radius 1 is 1.06 bits per heavy atom. The summed E-state index contributed by atoms with van der Waals surface area (Å²) in [6.45, 7) is 6.02. The van der Waals surface area contributed by atoms with Crippen molar-refractivity contribution in [3.8, 4) is 5.69 Å². The number of nitrogens with zero attached hydrogens (tertiary/aromatic N) is 1. The molecule has 0 fully saturated rings. The van der Waals surface area contributed by atoms with Gasteiger partial charge in [0.05, 0.1) is 16.9 Å². The average molecular weight is 423 g/mol. The molecule has 1 amide bonds. The van der Waals surface area contributed by atoms with Crippen LogP contribution in [0.4, 0.5) is 20.2 Å². The summed E-state index contributed by atoms with van der Waals surface area (Å²) in [7, 11) is 0. The van der Waals surface area contributed by atoms with Gasteiger partial charge in [-0.05, 0) is 55.2 Å². The fourth-order valence-corrected chi connectivity index (χ4v) is 4.24. The summed E-state index contributed by atoms with van der Waals surface area (Å²) in [5, 5.41) is 2.85. The van der Waals surface area contributed by atoms with Crippen LogP contribution in [0.3, 0.4) is 0 Å². The number of amides is 1. The van der Waals surface area contributed by atoms with E-state index in [1.54, 1.807) is 18.2 Å². The lowest BCUT2D eigenvalue weighted by Crippen LogP contribution is -2.27. The highest BCUT2D eigenvalue weighted by Gasteiger charge is 2.34. The number of aromatic nitrogens is 1. The van der Waals surface area contributed by atoms with Crippen LogP contribution in [0, 0.1) is 24.0 Å². The van der Waals surface area contributed by atoms with Gasteiger partial charge in [0.25, 0.3) is 5.91 Å². The highest BCUT2D eigenvalue weighted by molar-refractivity contribution is 6.00. The Morgan fingerprint density at radius 2 is 1.81 bits per heavy atom. The molecule has 0 bridgehead atoms. The Morgan fingerprint density at radius 3 is 2.48 bits per heavy atom. The van der Waals surface area contributed by atoms with Gasteiger partial charge in [-0.1, -0.05) is 13.8 Å². The third kappa shape index (κ3) is 3.83. The van der Waals surface area contributed by atoms with E-state index >= 15 is 0 Å². The van der Waals surface area contributed by atoms with E-state index in [-0.39, 0.29) is 22.4 Å². The van der Waals surface area contributed by atoms with Gasteiger partial charge < -0.3 is 15.6 Å². The number of hydrogen-bond acceptors (Lipinski definition) is 3. The van der Waals surface area contributed by atoms with E-state index in [0.29, 0.717) is 23.4 Å². The van der Waals surface area contributed by atoms with Gasteiger partial charge in [-0.2, -0.15) is 0 Å². The van der Waals surface area contributed by atoms with Crippen LogP contribution in [-0.4, -0.2) is 16.3 Å². The molecular formula is C24H23F2N3O2. The van der Waals surface area contributed by atoms with Crippen molar-refractivity contribution in [3.05, 3.63) is 76.6 Å².